The first-order chi connectivity index (χ1) is 24.2. The molecule has 0 aliphatic heterocycles. The van der Waals surface area contributed by atoms with Crippen molar-refractivity contribution < 1.29 is 4.42 Å². The van der Waals surface area contributed by atoms with E-state index in [-0.39, 0.29) is 0 Å². The molecule has 2 aromatic heterocycles. The summed E-state index contributed by atoms with van der Waals surface area (Å²) in [5, 5.41) is 8.99. The lowest BCUT2D eigenvalue weighted by molar-refractivity contribution is 0.670. The number of rotatable bonds is 4. The van der Waals surface area contributed by atoms with Crippen LogP contribution < -0.4 is 0 Å². The van der Waals surface area contributed by atoms with Gasteiger partial charge < -0.3 is 4.42 Å². The Bertz CT molecular complexity index is 2790. The normalized spacial score (nSPS) is 11.7. The highest BCUT2D eigenvalue weighted by atomic mass is 16.3. The number of hydrogen-bond acceptors (Lipinski definition) is 4. The van der Waals surface area contributed by atoms with Crippen LogP contribution in [0, 0.1) is 0 Å². The second-order valence-electron chi connectivity index (χ2n) is 12.5. The third-order valence-corrected chi connectivity index (χ3v) is 9.44. The average Bonchev–Trinajstić information content (AvgIpc) is 3.53. The molecule has 2 heterocycles. The number of benzene rings is 8. The van der Waals surface area contributed by atoms with Crippen molar-refractivity contribution in [3.63, 3.8) is 0 Å². The quantitative estimate of drug-likeness (QED) is 0.195. The summed E-state index contributed by atoms with van der Waals surface area (Å²) < 4.78 is 6.74. The Balaban J connectivity index is 1.27. The van der Waals surface area contributed by atoms with Gasteiger partial charge in [-0.1, -0.05) is 127 Å². The number of hydrogen-bond donors (Lipinski definition) is 0. The van der Waals surface area contributed by atoms with Crippen molar-refractivity contribution in [3.8, 4) is 45.3 Å². The molecule has 10 aromatic rings. The largest absolute Gasteiger partial charge is 0.455 e. The Morgan fingerprint density at radius 1 is 0.327 bits per heavy atom. The van der Waals surface area contributed by atoms with Gasteiger partial charge in [-0.3, -0.25) is 0 Å². The van der Waals surface area contributed by atoms with Gasteiger partial charge in [-0.05, 0) is 79.8 Å². The third kappa shape index (κ3) is 4.73. The van der Waals surface area contributed by atoms with Crippen LogP contribution in [0.5, 0.6) is 0 Å². The maximum Gasteiger partial charge on any atom is 0.167 e. The van der Waals surface area contributed by atoms with Crippen LogP contribution in [0.15, 0.2) is 168 Å². The summed E-state index contributed by atoms with van der Waals surface area (Å²) in [6.07, 6.45) is 0. The van der Waals surface area contributed by atoms with E-state index in [1.165, 1.54) is 16.2 Å². The summed E-state index contributed by atoms with van der Waals surface area (Å²) in [5.74, 6) is 1.78. The van der Waals surface area contributed by atoms with E-state index < -0.39 is 0 Å². The van der Waals surface area contributed by atoms with Crippen LogP contribution in [0.4, 0.5) is 0 Å². The molecular formula is C45H27N3O. The van der Waals surface area contributed by atoms with Crippen molar-refractivity contribution in [2.24, 2.45) is 0 Å². The third-order valence-electron chi connectivity index (χ3n) is 9.44. The molecule has 0 atom stereocenters. The van der Waals surface area contributed by atoms with Gasteiger partial charge in [-0.25, -0.2) is 15.0 Å². The molecule has 0 saturated heterocycles. The first-order valence-corrected chi connectivity index (χ1v) is 16.4. The molecule has 0 aliphatic carbocycles. The van der Waals surface area contributed by atoms with E-state index in [0.29, 0.717) is 17.5 Å². The number of furan rings is 1. The fourth-order valence-corrected chi connectivity index (χ4v) is 6.94. The first-order valence-electron chi connectivity index (χ1n) is 16.4. The molecule has 0 radical (unpaired) electrons. The number of nitrogens with zero attached hydrogens (tertiary/aromatic N) is 3. The standard InChI is InChI=1S/C45H27N3O/c1-2-10-28(11-3-1)37-25-39-38-24-33-16-8-9-17-34(33)27-41(38)49-42(39)40(26-37)45-47-43(35-20-18-29-12-4-6-14-31(29)22-35)46-44(48-45)36-21-19-30-13-5-7-15-32(30)23-36/h1-27H. The van der Waals surface area contributed by atoms with Gasteiger partial charge >= 0.3 is 0 Å². The van der Waals surface area contributed by atoms with E-state index in [4.69, 9.17) is 19.4 Å². The Kier molecular flexibility index (Phi) is 6.15. The number of aromatic nitrogens is 3. The van der Waals surface area contributed by atoms with Crippen LogP contribution in [0.1, 0.15) is 0 Å². The van der Waals surface area contributed by atoms with E-state index in [2.05, 4.69) is 158 Å². The average molecular weight is 626 g/mol. The first kappa shape index (κ1) is 27.5. The van der Waals surface area contributed by atoms with Crippen molar-refractivity contribution in [1.29, 1.82) is 0 Å². The van der Waals surface area contributed by atoms with E-state index in [0.717, 1.165) is 65.9 Å². The van der Waals surface area contributed by atoms with Crippen LogP contribution in [-0.2, 0) is 0 Å². The van der Waals surface area contributed by atoms with E-state index in [1.807, 2.05) is 6.07 Å². The van der Waals surface area contributed by atoms with E-state index >= 15 is 0 Å². The summed E-state index contributed by atoms with van der Waals surface area (Å²) >= 11 is 0. The van der Waals surface area contributed by atoms with Crippen molar-refractivity contribution in [3.05, 3.63) is 164 Å². The summed E-state index contributed by atoms with van der Waals surface area (Å²) in [6.45, 7) is 0. The minimum Gasteiger partial charge on any atom is -0.455 e. The van der Waals surface area contributed by atoms with Crippen LogP contribution >= 0.6 is 0 Å². The Morgan fingerprint density at radius 3 is 1.45 bits per heavy atom. The van der Waals surface area contributed by atoms with Crippen LogP contribution in [-0.4, -0.2) is 15.0 Å². The van der Waals surface area contributed by atoms with Gasteiger partial charge in [0.25, 0.3) is 0 Å². The molecule has 228 valence electrons. The molecule has 0 bridgehead atoms. The number of fused-ring (bicyclic) bond motifs is 6. The highest BCUT2D eigenvalue weighted by Gasteiger charge is 2.20. The van der Waals surface area contributed by atoms with Gasteiger partial charge in [0.05, 0.1) is 5.56 Å². The molecule has 8 aromatic carbocycles. The van der Waals surface area contributed by atoms with Crippen LogP contribution in [0.3, 0.4) is 0 Å². The van der Waals surface area contributed by atoms with Gasteiger partial charge in [0.1, 0.15) is 11.2 Å². The lowest BCUT2D eigenvalue weighted by Gasteiger charge is -2.11. The molecule has 0 aliphatic rings. The fourth-order valence-electron chi connectivity index (χ4n) is 6.94. The predicted octanol–water partition coefficient (Wildman–Crippen LogP) is 11.9. The Labute approximate surface area is 282 Å². The summed E-state index contributed by atoms with van der Waals surface area (Å²) in [4.78, 5) is 15.5. The molecule has 0 saturated carbocycles. The maximum absolute atomic E-state index is 6.74. The smallest absolute Gasteiger partial charge is 0.167 e. The van der Waals surface area contributed by atoms with Crippen molar-refractivity contribution >= 4 is 54.3 Å². The molecule has 49 heavy (non-hydrogen) atoms. The molecular weight excluding hydrogens is 599 g/mol. The zero-order valence-corrected chi connectivity index (χ0v) is 26.3. The van der Waals surface area contributed by atoms with Gasteiger partial charge in [0.2, 0.25) is 0 Å². The van der Waals surface area contributed by atoms with E-state index in [1.54, 1.807) is 0 Å². The highest BCUT2D eigenvalue weighted by molar-refractivity contribution is 6.14. The molecule has 0 N–H and O–H groups in total. The second kappa shape index (κ2) is 11.0. The van der Waals surface area contributed by atoms with Crippen LogP contribution in [0.25, 0.3) is 99.5 Å². The van der Waals surface area contributed by atoms with Gasteiger partial charge in [-0.2, -0.15) is 0 Å². The monoisotopic (exact) mass is 625 g/mol. The Morgan fingerprint density at radius 2 is 0.837 bits per heavy atom. The SMILES string of the molecule is c1ccc(-c2cc(-c3nc(-c4ccc5ccccc5c4)nc(-c4ccc5ccccc5c4)n3)c3oc4cc5ccccc5cc4c3c2)cc1. The van der Waals surface area contributed by atoms with Crippen molar-refractivity contribution in [1.82, 2.24) is 15.0 Å². The molecule has 0 unspecified atom stereocenters. The molecule has 0 fully saturated rings. The molecule has 0 amide bonds. The van der Waals surface area contributed by atoms with Crippen molar-refractivity contribution in [2.75, 3.05) is 0 Å². The van der Waals surface area contributed by atoms with Crippen molar-refractivity contribution in [2.45, 2.75) is 0 Å². The highest BCUT2D eigenvalue weighted by Crippen LogP contribution is 2.41. The zero-order chi connectivity index (χ0) is 32.3. The fraction of sp³-hybridized carbons (Fsp3) is 0. The minimum atomic E-state index is 0.563. The molecule has 4 heteroatoms. The Hall–Kier alpha value is -6.65. The van der Waals surface area contributed by atoms with Gasteiger partial charge in [-0.15, -0.1) is 0 Å². The second-order valence-corrected chi connectivity index (χ2v) is 12.5. The maximum atomic E-state index is 6.74. The molecule has 0 spiro atoms. The topological polar surface area (TPSA) is 51.8 Å². The van der Waals surface area contributed by atoms with Gasteiger partial charge in [0, 0.05) is 21.9 Å². The lowest BCUT2D eigenvalue weighted by atomic mass is 9.98. The summed E-state index contributed by atoms with van der Waals surface area (Å²) in [5.41, 5.74) is 6.44. The van der Waals surface area contributed by atoms with Crippen LogP contribution in [0.2, 0.25) is 0 Å². The zero-order valence-electron chi connectivity index (χ0n) is 26.3. The minimum absolute atomic E-state index is 0.563. The lowest BCUT2D eigenvalue weighted by Crippen LogP contribution is -2.00. The van der Waals surface area contributed by atoms with E-state index in [9.17, 15) is 0 Å². The predicted molar refractivity (Wildman–Crippen MR) is 201 cm³/mol. The van der Waals surface area contributed by atoms with Gasteiger partial charge in [0.15, 0.2) is 17.5 Å². The summed E-state index contributed by atoms with van der Waals surface area (Å²) in [6, 6.07) is 57.0. The molecule has 4 nitrogen and oxygen atoms in total. The summed E-state index contributed by atoms with van der Waals surface area (Å²) in [7, 11) is 0. The molecule has 10 rings (SSSR count).